The first-order valence-corrected chi connectivity index (χ1v) is 9.46. The summed E-state index contributed by atoms with van der Waals surface area (Å²) in [7, 11) is 2.04. The van der Waals surface area contributed by atoms with Gasteiger partial charge in [-0.25, -0.2) is 4.98 Å². The van der Waals surface area contributed by atoms with Crippen LogP contribution in [0, 0.1) is 5.92 Å². The Morgan fingerprint density at radius 3 is 2.90 bits per heavy atom. The minimum Gasteiger partial charge on any atom is -0.320 e. The summed E-state index contributed by atoms with van der Waals surface area (Å²) >= 11 is 3.54. The number of hydrogen-bond acceptors (Lipinski definition) is 5. The van der Waals surface area contributed by atoms with Crippen molar-refractivity contribution in [3.63, 3.8) is 0 Å². The molecule has 0 saturated carbocycles. The van der Waals surface area contributed by atoms with Gasteiger partial charge in [0.15, 0.2) is 0 Å². The van der Waals surface area contributed by atoms with E-state index in [1.54, 1.807) is 22.7 Å². The zero-order chi connectivity index (χ0) is 14.5. The van der Waals surface area contributed by atoms with Crippen LogP contribution in [0.4, 0.5) is 0 Å². The molecule has 0 radical (unpaired) electrons. The summed E-state index contributed by atoms with van der Waals surface area (Å²) in [4.78, 5) is 8.64. The second-order valence-corrected chi connectivity index (χ2v) is 7.54. The van der Waals surface area contributed by atoms with E-state index in [0.29, 0.717) is 0 Å². The van der Waals surface area contributed by atoms with Gasteiger partial charge in [0.05, 0.1) is 10.6 Å². The average Bonchev–Trinajstić information content (AvgIpc) is 3.17. The number of aromatic nitrogens is 1. The number of piperidine rings is 1. The van der Waals surface area contributed by atoms with Crippen molar-refractivity contribution in [2.75, 3.05) is 26.7 Å². The molecule has 1 aliphatic heterocycles. The summed E-state index contributed by atoms with van der Waals surface area (Å²) in [5, 5.41) is 8.77. The van der Waals surface area contributed by atoms with E-state index in [1.165, 1.54) is 47.9 Å². The first kappa shape index (κ1) is 15.2. The topological polar surface area (TPSA) is 28.2 Å². The lowest BCUT2D eigenvalue weighted by molar-refractivity contribution is 0.171. The van der Waals surface area contributed by atoms with Crippen molar-refractivity contribution < 1.29 is 0 Å². The quantitative estimate of drug-likeness (QED) is 0.879. The summed E-state index contributed by atoms with van der Waals surface area (Å²) in [6.45, 7) is 4.61. The van der Waals surface area contributed by atoms with E-state index in [-0.39, 0.29) is 0 Å². The molecule has 0 bridgehead atoms. The largest absolute Gasteiger partial charge is 0.320 e. The molecule has 2 aromatic rings. The summed E-state index contributed by atoms with van der Waals surface area (Å²) in [5.41, 5.74) is 1.23. The van der Waals surface area contributed by atoms with Crippen molar-refractivity contribution in [3.8, 4) is 9.88 Å². The molecule has 1 aliphatic rings. The Morgan fingerprint density at radius 1 is 1.33 bits per heavy atom. The molecule has 3 heterocycles. The van der Waals surface area contributed by atoms with Crippen molar-refractivity contribution in [2.45, 2.75) is 25.8 Å². The van der Waals surface area contributed by atoms with Gasteiger partial charge in [0, 0.05) is 11.9 Å². The van der Waals surface area contributed by atoms with Crippen molar-refractivity contribution in [2.24, 2.45) is 5.92 Å². The highest BCUT2D eigenvalue weighted by Gasteiger charge is 2.19. The maximum Gasteiger partial charge on any atom is 0.133 e. The molecule has 2 aromatic heterocycles. The third-order valence-electron chi connectivity index (χ3n) is 4.18. The molecule has 1 fully saturated rings. The third-order valence-corrected chi connectivity index (χ3v) is 6.11. The Balaban J connectivity index is 1.49. The number of nitrogens with zero attached hydrogens (tertiary/aromatic N) is 2. The van der Waals surface area contributed by atoms with Gasteiger partial charge in [0.2, 0.25) is 0 Å². The SMILES string of the molecule is CNCCC1CCN(Cc2csc(-c3cccs3)n2)CC1. The molecule has 114 valence electrons. The summed E-state index contributed by atoms with van der Waals surface area (Å²) in [6, 6.07) is 4.25. The Labute approximate surface area is 135 Å². The number of thiophene rings is 1. The number of likely N-dealkylation sites (tertiary alicyclic amines) is 1. The van der Waals surface area contributed by atoms with Crippen LogP contribution in [-0.4, -0.2) is 36.6 Å². The molecule has 1 saturated heterocycles. The molecule has 3 nitrogen and oxygen atoms in total. The lowest BCUT2D eigenvalue weighted by Gasteiger charge is -2.31. The van der Waals surface area contributed by atoms with E-state index in [1.807, 2.05) is 7.05 Å². The van der Waals surface area contributed by atoms with E-state index in [0.717, 1.165) is 19.0 Å². The fourth-order valence-electron chi connectivity index (χ4n) is 2.90. The van der Waals surface area contributed by atoms with Crippen molar-refractivity contribution in [1.29, 1.82) is 0 Å². The second-order valence-electron chi connectivity index (χ2n) is 5.73. The summed E-state index contributed by atoms with van der Waals surface area (Å²) in [5.74, 6) is 0.908. The van der Waals surface area contributed by atoms with Crippen LogP contribution < -0.4 is 5.32 Å². The summed E-state index contributed by atoms with van der Waals surface area (Å²) < 4.78 is 0. The molecule has 0 spiro atoms. The Morgan fingerprint density at radius 2 is 2.19 bits per heavy atom. The maximum absolute atomic E-state index is 4.79. The van der Waals surface area contributed by atoms with Crippen LogP contribution in [0.5, 0.6) is 0 Å². The lowest BCUT2D eigenvalue weighted by Crippen LogP contribution is -2.34. The van der Waals surface area contributed by atoms with Crippen molar-refractivity contribution in [1.82, 2.24) is 15.2 Å². The van der Waals surface area contributed by atoms with Crippen molar-refractivity contribution in [3.05, 3.63) is 28.6 Å². The number of nitrogens with one attached hydrogen (secondary N) is 1. The minimum atomic E-state index is 0.908. The van der Waals surface area contributed by atoms with Crippen LogP contribution in [-0.2, 0) is 6.54 Å². The summed E-state index contributed by atoms with van der Waals surface area (Å²) in [6.07, 6.45) is 4.00. The van der Waals surface area contributed by atoms with Gasteiger partial charge in [-0.05, 0) is 63.3 Å². The van der Waals surface area contributed by atoms with E-state index in [9.17, 15) is 0 Å². The normalized spacial score (nSPS) is 17.4. The second kappa shape index (κ2) is 7.49. The van der Waals surface area contributed by atoms with Gasteiger partial charge in [0.1, 0.15) is 5.01 Å². The van der Waals surface area contributed by atoms with E-state index in [4.69, 9.17) is 4.98 Å². The minimum absolute atomic E-state index is 0.908. The van der Waals surface area contributed by atoms with Gasteiger partial charge in [-0.15, -0.1) is 22.7 Å². The van der Waals surface area contributed by atoms with Crippen LogP contribution in [0.15, 0.2) is 22.9 Å². The Bertz CT molecular complexity index is 527. The van der Waals surface area contributed by atoms with Gasteiger partial charge in [0.25, 0.3) is 0 Å². The van der Waals surface area contributed by atoms with Gasteiger partial charge in [-0.3, -0.25) is 4.90 Å². The molecule has 5 heteroatoms. The third kappa shape index (κ3) is 4.13. The molecule has 0 aliphatic carbocycles. The molecular formula is C16H23N3S2. The highest BCUT2D eigenvalue weighted by molar-refractivity contribution is 7.20. The fourth-order valence-corrected chi connectivity index (χ4v) is 4.53. The average molecular weight is 322 g/mol. The van der Waals surface area contributed by atoms with Crippen LogP contribution >= 0.6 is 22.7 Å². The predicted molar refractivity (Wildman–Crippen MR) is 92.0 cm³/mol. The maximum atomic E-state index is 4.79. The molecule has 0 aromatic carbocycles. The smallest absolute Gasteiger partial charge is 0.133 e. The van der Waals surface area contributed by atoms with Crippen LogP contribution in [0.3, 0.4) is 0 Å². The van der Waals surface area contributed by atoms with Crippen molar-refractivity contribution >= 4 is 22.7 Å². The van der Waals surface area contributed by atoms with Gasteiger partial charge < -0.3 is 5.32 Å². The molecule has 0 amide bonds. The Hall–Kier alpha value is -0.750. The number of hydrogen-bond donors (Lipinski definition) is 1. The first-order chi connectivity index (χ1) is 10.3. The highest BCUT2D eigenvalue weighted by Crippen LogP contribution is 2.29. The van der Waals surface area contributed by atoms with Gasteiger partial charge in [-0.2, -0.15) is 0 Å². The van der Waals surface area contributed by atoms with Gasteiger partial charge in [-0.1, -0.05) is 6.07 Å². The molecular weight excluding hydrogens is 298 g/mol. The van der Waals surface area contributed by atoms with Crippen LogP contribution in [0.1, 0.15) is 25.0 Å². The fraction of sp³-hybridized carbons (Fsp3) is 0.562. The number of rotatable bonds is 6. The Kier molecular flexibility index (Phi) is 5.41. The molecule has 0 unspecified atom stereocenters. The zero-order valence-electron chi connectivity index (χ0n) is 12.5. The molecule has 1 N–H and O–H groups in total. The zero-order valence-corrected chi connectivity index (χ0v) is 14.2. The van der Waals surface area contributed by atoms with E-state index in [2.05, 4.69) is 33.1 Å². The standard InChI is InChI=1S/C16H23N3S2/c1-17-7-4-13-5-8-19(9-6-13)11-14-12-21-16(18-14)15-3-2-10-20-15/h2-3,10,12-13,17H,4-9,11H2,1H3. The molecule has 3 rings (SSSR count). The van der Waals surface area contributed by atoms with Crippen LogP contribution in [0.25, 0.3) is 9.88 Å². The highest BCUT2D eigenvalue weighted by atomic mass is 32.1. The lowest BCUT2D eigenvalue weighted by atomic mass is 9.93. The van der Waals surface area contributed by atoms with Crippen LogP contribution in [0.2, 0.25) is 0 Å². The monoisotopic (exact) mass is 321 g/mol. The van der Waals surface area contributed by atoms with E-state index < -0.39 is 0 Å². The van der Waals surface area contributed by atoms with Gasteiger partial charge >= 0.3 is 0 Å². The molecule has 0 atom stereocenters. The molecule has 21 heavy (non-hydrogen) atoms. The first-order valence-electron chi connectivity index (χ1n) is 7.70. The van der Waals surface area contributed by atoms with E-state index >= 15 is 0 Å². The predicted octanol–water partition coefficient (Wildman–Crippen LogP) is 3.69. The number of thiazole rings is 1.